The predicted octanol–water partition coefficient (Wildman–Crippen LogP) is 3.36. The number of nitrogens with one attached hydrogen (secondary N) is 1. The highest BCUT2D eigenvalue weighted by atomic mass is 16.4. The Hall–Kier alpha value is -1.78. The fraction of sp³-hybridized carbons (Fsp3) is 0.600. The highest BCUT2D eigenvalue weighted by Crippen LogP contribution is 2.29. The van der Waals surface area contributed by atoms with Crippen LogP contribution in [0, 0.1) is 13.8 Å². The maximum atomic E-state index is 12.1. The van der Waals surface area contributed by atoms with Crippen molar-refractivity contribution in [2.24, 2.45) is 0 Å². The minimum absolute atomic E-state index is 0.149. The molecule has 110 valence electrons. The molecule has 1 N–H and O–H groups in total. The molecule has 0 atom stereocenters. The highest BCUT2D eigenvalue weighted by molar-refractivity contribution is 5.98. The van der Waals surface area contributed by atoms with Gasteiger partial charge in [0.15, 0.2) is 5.76 Å². The number of unbranched alkanes of at least 4 members (excludes halogenated alkanes) is 1. The molecule has 0 bridgehead atoms. The van der Waals surface area contributed by atoms with E-state index in [-0.39, 0.29) is 11.9 Å². The van der Waals surface area contributed by atoms with Crippen molar-refractivity contribution >= 4 is 17.0 Å². The molecular weight excluding hydrogens is 254 g/mol. The van der Waals surface area contributed by atoms with Crippen LogP contribution in [0.25, 0.3) is 11.1 Å². The summed E-state index contributed by atoms with van der Waals surface area (Å²) >= 11 is 0. The summed E-state index contributed by atoms with van der Waals surface area (Å²) in [7, 11) is 0. The van der Waals surface area contributed by atoms with E-state index in [1.165, 1.54) is 0 Å². The summed E-state index contributed by atoms with van der Waals surface area (Å²) in [5.41, 5.74) is 2.47. The van der Waals surface area contributed by atoms with Gasteiger partial charge >= 0.3 is 0 Å². The Labute approximate surface area is 119 Å². The molecule has 0 aromatic carbocycles. The molecule has 2 aromatic rings. The minimum atomic E-state index is -0.149. The first kappa shape index (κ1) is 14.6. The third-order valence-corrected chi connectivity index (χ3v) is 3.54. The van der Waals surface area contributed by atoms with Crippen LogP contribution in [0.5, 0.6) is 0 Å². The molecule has 0 saturated carbocycles. The topological polar surface area (TPSA) is 60.1 Å². The molecule has 0 radical (unpaired) electrons. The Kier molecular flexibility index (Phi) is 4.16. The van der Waals surface area contributed by atoms with Crippen molar-refractivity contribution in [1.82, 2.24) is 15.1 Å². The lowest BCUT2D eigenvalue weighted by Gasteiger charge is -2.08. The Morgan fingerprint density at radius 1 is 1.40 bits per heavy atom. The Morgan fingerprint density at radius 3 is 2.65 bits per heavy atom. The molecule has 0 spiro atoms. The maximum absolute atomic E-state index is 12.1. The van der Waals surface area contributed by atoms with Crippen molar-refractivity contribution in [3.63, 3.8) is 0 Å². The normalized spacial score (nSPS) is 11.5. The average Bonchev–Trinajstić information content (AvgIpc) is 2.88. The molecule has 0 saturated heterocycles. The number of rotatable bonds is 5. The molecule has 2 aromatic heterocycles. The number of hydrogen-bond acceptors (Lipinski definition) is 3. The number of furan rings is 1. The monoisotopic (exact) mass is 277 g/mol. The van der Waals surface area contributed by atoms with E-state index in [1.807, 2.05) is 18.5 Å². The number of amides is 1. The van der Waals surface area contributed by atoms with Crippen molar-refractivity contribution in [1.29, 1.82) is 0 Å². The van der Waals surface area contributed by atoms with Gasteiger partial charge in [-0.3, -0.25) is 9.48 Å². The lowest BCUT2D eigenvalue weighted by Crippen LogP contribution is -2.24. The highest BCUT2D eigenvalue weighted by Gasteiger charge is 2.22. The first-order valence-electron chi connectivity index (χ1n) is 7.23. The first-order chi connectivity index (χ1) is 9.47. The number of carbonyl (C=O) groups is 1. The van der Waals surface area contributed by atoms with E-state index in [1.54, 1.807) is 0 Å². The maximum Gasteiger partial charge on any atom is 0.287 e. The smallest absolute Gasteiger partial charge is 0.287 e. The van der Waals surface area contributed by atoms with E-state index < -0.39 is 0 Å². The van der Waals surface area contributed by atoms with E-state index in [9.17, 15) is 4.79 Å². The van der Waals surface area contributed by atoms with Crippen LogP contribution in [-0.4, -0.2) is 22.2 Å². The quantitative estimate of drug-likeness (QED) is 0.852. The van der Waals surface area contributed by atoms with Gasteiger partial charge in [0.2, 0.25) is 5.71 Å². The number of nitrogens with zero attached hydrogens (tertiary/aromatic N) is 2. The minimum Gasteiger partial charge on any atom is -0.431 e. The Bertz CT molecular complexity index is 623. The van der Waals surface area contributed by atoms with Gasteiger partial charge in [-0.05, 0) is 34.1 Å². The van der Waals surface area contributed by atoms with Crippen molar-refractivity contribution in [3.8, 4) is 0 Å². The van der Waals surface area contributed by atoms with Gasteiger partial charge in [-0.2, -0.15) is 0 Å². The van der Waals surface area contributed by atoms with Gasteiger partial charge in [-0.25, -0.2) is 0 Å². The van der Waals surface area contributed by atoms with Gasteiger partial charge in [0, 0.05) is 23.8 Å². The van der Waals surface area contributed by atoms with Gasteiger partial charge in [0.25, 0.3) is 5.91 Å². The van der Waals surface area contributed by atoms with Crippen LogP contribution < -0.4 is 5.32 Å². The molecule has 0 aliphatic carbocycles. The molecule has 1 amide bonds. The lowest BCUT2D eigenvalue weighted by atomic mass is 10.1. The van der Waals surface area contributed by atoms with E-state index >= 15 is 0 Å². The van der Waals surface area contributed by atoms with Crippen molar-refractivity contribution in [2.45, 2.75) is 53.5 Å². The molecule has 5 heteroatoms. The predicted molar refractivity (Wildman–Crippen MR) is 79.1 cm³/mol. The van der Waals surface area contributed by atoms with Crippen LogP contribution >= 0.6 is 0 Å². The van der Waals surface area contributed by atoms with Crippen molar-refractivity contribution < 1.29 is 9.21 Å². The fourth-order valence-corrected chi connectivity index (χ4v) is 2.46. The molecule has 2 rings (SSSR count). The summed E-state index contributed by atoms with van der Waals surface area (Å²) in [5, 5.41) is 8.28. The molecule has 0 aliphatic heterocycles. The van der Waals surface area contributed by atoms with Gasteiger partial charge in [0.1, 0.15) is 0 Å². The van der Waals surface area contributed by atoms with Gasteiger partial charge in [-0.15, -0.1) is 5.10 Å². The summed E-state index contributed by atoms with van der Waals surface area (Å²) in [6.45, 7) is 10.9. The van der Waals surface area contributed by atoms with E-state index in [0.717, 1.165) is 29.5 Å². The van der Waals surface area contributed by atoms with Crippen molar-refractivity contribution in [3.05, 3.63) is 17.0 Å². The van der Waals surface area contributed by atoms with Gasteiger partial charge in [-0.1, -0.05) is 13.3 Å². The zero-order valence-corrected chi connectivity index (χ0v) is 12.9. The second kappa shape index (κ2) is 5.69. The second-order valence-corrected chi connectivity index (χ2v) is 5.47. The molecule has 5 nitrogen and oxygen atoms in total. The Morgan fingerprint density at radius 2 is 2.10 bits per heavy atom. The van der Waals surface area contributed by atoms with Crippen LogP contribution in [0.15, 0.2) is 4.42 Å². The van der Waals surface area contributed by atoms with Crippen LogP contribution in [0.3, 0.4) is 0 Å². The summed E-state index contributed by atoms with van der Waals surface area (Å²) in [6.07, 6.45) is 2.03. The summed E-state index contributed by atoms with van der Waals surface area (Å²) < 4.78 is 7.59. The van der Waals surface area contributed by atoms with Crippen LogP contribution in [0.2, 0.25) is 0 Å². The third-order valence-electron chi connectivity index (χ3n) is 3.54. The Balaban J connectivity index is 2.33. The lowest BCUT2D eigenvalue weighted by molar-refractivity contribution is 0.0926. The molecular formula is C15H23N3O2. The molecule has 0 fully saturated rings. The average molecular weight is 277 g/mol. The standard InChI is InChI=1S/C15H23N3O2/c1-6-7-8-16-14(19)13-10(4)12-11(5)18(9(2)3)17-15(12)20-13/h9H,6-8H2,1-5H3,(H,16,19). The number of fused-ring (bicyclic) bond motifs is 1. The zero-order chi connectivity index (χ0) is 14.9. The third kappa shape index (κ3) is 2.44. The fourth-order valence-electron chi connectivity index (χ4n) is 2.46. The number of hydrogen-bond donors (Lipinski definition) is 1. The van der Waals surface area contributed by atoms with Crippen LogP contribution in [0.1, 0.15) is 61.5 Å². The summed E-state index contributed by atoms with van der Waals surface area (Å²) in [5.74, 6) is 0.238. The zero-order valence-electron chi connectivity index (χ0n) is 12.9. The van der Waals surface area contributed by atoms with Crippen molar-refractivity contribution in [2.75, 3.05) is 6.54 Å². The number of aromatic nitrogens is 2. The first-order valence-corrected chi connectivity index (χ1v) is 7.23. The van der Waals surface area contributed by atoms with E-state index in [0.29, 0.717) is 18.0 Å². The molecule has 20 heavy (non-hydrogen) atoms. The molecule has 0 unspecified atom stereocenters. The SMILES string of the molecule is CCCCNC(=O)c1oc2nn(C(C)C)c(C)c2c1C. The van der Waals surface area contributed by atoms with Gasteiger partial charge in [0.05, 0.1) is 5.39 Å². The molecule has 0 aliphatic rings. The van der Waals surface area contributed by atoms with Crippen LogP contribution in [-0.2, 0) is 0 Å². The van der Waals surface area contributed by atoms with E-state index in [4.69, 9.17) is 4.42 Å². The number of aryl methyl sites for hydroxylation is 2. The number of carbonyl (C=O) groups excluding carboxylic acids is 1. The largest absolute Gasteiger partial charge is 0.431 e. The summed E-state index contributed by atoms with van der Waals surface area (Å²) in [4.78, 5) is 12.1. The van der Waals surface area contributed by atoms with Gasteiger partial charge < -0.3 is 9.73 Å². The molecule has 2 heterocycles. The van der Waals surface area contributed by atoms with E-state index in [2.05, 4.69) is 31.2 Å². The van der Waals surface area contributed by atoms with Crippen LogP contribution in [0.4, 0.5) is 0 Å². The second-order valence-electron chi connectivity index (χ2n) is 5.47. The summed E-state index contributed by atoms with van der Waals surface area (Å²) in [6, 6.07) is 0.277.